The summed E-state index contributed by atoms with van der Waals surface area (Å²) in [7, 11) is 0. The zero-order valence-corrected chi connectivity index (χ0v) is 14.9. The molecule has 2 heterocycles. The molecule has 0 aliphatic carbocycles. The van der Waals surface area contributed by atoms with Gasteiger partial charge in [0, 0.05) is 21.3 Å². The van der Waals surface area contributed by atoms with Gasteiger partial charge in [-0.05, 0) is 35.0 Å². The second-order valence-electron chi connectivity index (χ2n) is 5.76. The predicted molar refractivity (Wildman–Crippen MR) is 97.2 cm³/mol. The van der Waals surface area contributed by atoms with Crippen molar-refractivity contribution in [2.24, 2.45) is 0 Å². The van der Waals surface area contributed by atoms with Crippen LogP contribution in [0.2, 0.25) is 0 Å². The first-order valence-electron chi connectivity index (χ1n) is 7.76. The largest absolute Gasteiger partial charge is 0.326 e. The van der Waals surface area contributed by atoms with Crippen molar-refractivity contribution in [3.63, 3.8) is 0 Å². The molecule has 7 heteroatoms. The maximum absolute atomic E-state index is 13.2. The van der Waals surface area contributed by atoms with E-state index in [4.69, 9.17) is 0 Å². The van der Waals surface area contributed by atoms with Crippen LogP contribution in [0.1, 0.15) is 28.9 Å². The van der Waals surface area contributed by atoms with E-state index < -0.39 is 6.04 Å². The smallest absolute Gasteiger partial charge is 0.248 e. The number of fused-ring (bicyclic) bond motifs is 1. The number of halogens is 1. The number of hydrogen-bond acceptors (Lipinski definition) is 5. The fourth-order valence-electron chi connectivity index (χ4n) is 3.04. The molecule has 0 radical (unpaired) electrons. The van der Waals surface area contributed by atoms with E-state index >= 15 is 0 Å². The Morgan fingerprint density at radius 2 is 1.96 bits per heavy atom. The summed E-state index contributed by atoms with van der Waals surface area (Å²) in [5.41, 5.74) is 2.95. The summed E-state index contributed by atoms with van der Waals surface area (Å²) in [6.07, 6.45) is 0. The number of rotatable bonds is 3. The Morgan fingerprint density at radius 3 is 2.72 bits per heavy atom. The van der Waals surface area contributed by atoms with Crippen LogP contribution >= 0.6 is 15.9 Å². The maximum atomic E-state index is 13.2. The van der Waals surface area contributed by atoms with Gasteiger partial charge < -0.3 is 5.32 Å². The van der Waals surface area contributed by atoms with E-state index in [-0.39, 0.29) is 5.78 Å². The van der Waals surface area contributed by atoms with Crippen molar-refractivity contribution < 1.29 is 4.79 Å². The van der Waals surface area contributed by atoms with Crippen LogP contribution in [0.15, 0.2) is 70.3 Å². The lowest BCUT2D eigenvalue weighted by atomic mass is 9.90. The first-order valence-corrected chi connectivity index (χ1v) is 8.55. The van der Waals surface area contributed by atoms with Gasteiger partial charge in [0.1, 0.15) is 6.04 Å². The van der Waals surface area contributed by atoms with E-state index in [0.29, 0.717) is 17.1 Å². The Labute approximate surface area is 152 Å². The van der Waals surface area contributed by atoms with Crippen molar-refractivity contribution in [3.05, 3.63) is 81.5 Å². The number of carbonyl (C=O) groups is 1. The molecule has 1 unspecified atom stereocenters. The van der Waals surface area contributed by atoms with Crippen molar-refractivity contribution in [1.29, 1.82) is 0 Å². The summed E-state index contributed by atoms with van der Waals surface area (Å²) in [6, 6.07) is 16.7. The minimum Gasteiger partial charge on any atom is -0.326 e. The molecular weight excluding hydrogens is 382 g/mol. The van der Waals surface area contributed by atoms with Crippen molar-refractivity contribution in [2.75, 3.05) is 5.32 Å². The van der Waals surface area contributed by atoms with Gasteiger partial charge in [0.25, 0.3) is 0 Å². The molecule has 3 aromatic rings. The Morgan fingerprint density at radius 1 is 1.16 bits per heavy atom. The fourth-order valence-corrected chi connectivity index (χ4v) is 3.45. The molecule has 0 saturated carbocycles. The van der Waals surface area contributed by atoms with Crippen LogP contribution in [0.5, 0.6) is 0 Å². The molecule has 0 amide bonds. The molecule has 0 fully saturated rings. The van der Waals surface area contributed by atoms with Gasteiger partial charge in [-0.15, -0.1) is 0 Å². The molecule has 1 N–H and O–H groups in total. The number of nitrogens with zero attached hydrogens (tertiary/aromatic N) is 4. The van der Waals surface area contributed by atoms with Gasteiger partial charge in [-0.2, -0.15) is 4.68 Å². The minimum atomic E-state index is -0.392. The number of allylic oxidation sites excluding steroid dienone is 2. The minimum absolute atomic E-state index is 0.0447. The third kappa shape index (κ3) is 2.76. The highest BCUT2D eigenvalue weighted by Gasteiger charge is 2.34. The Bertz CT molecular complexity index is 980. The molecule has 1 aliphatic heterocycles. The predicted octanol–water partition coefficient (Wildman–Crippen LogP) is 3.61. The molecule has 124 valence electrons. The van der Waals surface area contributed by atoms with Crippen LogP contribution in [0, 0.1) is 0 Å². The summed E-state index contributed by atoms with van der Waals surface area (Å²) in [6.45, 7) is 1.87. The van der Waals surface area contributed by atoms with E-state index in [1.54, 1.807) is 4.68 Å². The quantitative estimate of drug-likeness (QED) is 0.685. The van der Waals surface area contributed by atoms with E-state index in [1.165, 1.54) is 0 Å². The number of benzene rings is 2. The Kier molecular flexibility index (Phi) is 3.93. The fraction of sp³-hybridized carbons (Fsp3) is 0.111. The van der Waals surface area contributed by atoms with Gasteiger partial charge in [-0.3, -0.25) is 4.79 Å². The summed E-state index contributed by atoms with van der Waals surface area (Å²) >= 11 is 3.50. The van der Waals surface area contributed by atoms with E-state index in [2.05, 4.69) is 36.8 Å². The van der Waals surface area contributed by atoms with Crippen molar-refractivity contribution in [2.45, 2.75) is 13.0 Å². The number of Topliss-reactive ketones (excluding diaryl/α,β-unsaturated/α-hetero) is 1. The van der Waals surface area contributed by atoms with Gasteiger partial charge in [0.2, 0.25) is 5.95 Å². The van der Waals surface area contributed by atoms with Gasteiger partial charge in [0.15, 0.2) is 5.78 Å². The zero-order valence-electron chi connectivity index (χ0n) is 13.3. The number of ketones is 1. The maximum Gasteiger partial charge on any atom is 0.248 e. The van der Waals surface area contributed by atoms with Gasteiger partial charge in [-0.1, -0.05) is 63.5 Å². The summed E-state index contributed by atoms with van der Waals surface area (Å²) in [5.74, 6) is 0.476. The Hall–Kier alpha value is -2.80. The molecule has 4 rings (SSSR count). The molecule has 0 bridgehead atoms. The summed E-state index contributed by atoms with van der Waals surface area (Å²) in [4.78, 5) is 13.2. The third-order valence-corrected chi connectivity index (χ3v) is 4.65. The monoisotopic (exact) mass is 395 g/mol. The average molecular weight is 396 g/mol. The average Bonchev–Trinajstić information content (AvgIpc) is 3.08. The molecular formula is C18H14BrN5O. The highest BCUT2D eigenvalue weighted by molar-refractivity contribution is 9.10. The standard InChI is InChI=1S/C18H14BrN5O/c1-11-15(17(25)12-6-3-2-4-7-12)16(13-8-5-9-14(19)10-13)24-18(20-11)21-22-23-24/h2-10,16H,1H3,(H,20,21,23). The Balaban J connectivity index is 1.89. The van der Waals surface area contributed by atoms with Crippen LogP contribution in [0.3, 0.4) is 0 Å². The normalized spacial score (nSPS) is 16.3. The molecule has 1 atom stereocenters. The van der Waals surface area contributed by atoms with Gasteiger partial charge >= 0.3 is 0 Å². The number of anilines is 1. The highest BCUT2D eigenvalue weighted by Crippen LogP contribution is 2.36. The van der Waals surface area contributed by atoms with Gasteiger partial charge in [0.05, 0.1) is 0 Å². The second kappa shape index (κ2) is 6.25. The zero-order chi connectivity index (χ0) is 17.4. The van der Waals surface area contributed by atoms with Crippen molar-refractivity contribution in [1.82, 2.24) is 20.2 Å². The molecule has 1 aromatic heterocycles. The van der Waals surface area contributed by atoms with E-state index in [1.807, 2.05) is 61.5 Å². The SMILES string of the molecule is CC1=C(C(=O)c2ccccc2)C(c2cccc(Br)c2)n2nnnc2N1. The summed E-state index contributed by atoms with van der Waals surface area (Å²) < 4.78 is 2.58. The van der Waals surface area contributed by atoms with Crippen LogP contribution in [-0.4, -0.2) is 26.0 Å². The van der Waals surface area contributed by atoms with Crippen molar-refractivity contribution >= 4 is 27.7 Å². The topological polar surface area (TPSA) is 72.7 Å². The molecule has 6 nitrogen and oxygen atoms in total. The highest BCUT2D eigenvalue weighted by atomic mass is 79.9. The van der Waals surface area contributed by atoms with Crippen molar-refractivity contribution in [3.8, 4) is 0 Å². The number of tetrazole rings is 1. The van der Waals surface area contributed by atoms with Crippen LogP contribution < -0.4 is 5.32 Å². The van der Waals surface area contributed by atoms with Crippen LogP contribution in [0.4, 0.5) is 5.95 Å². The third-order valence-electron chi connectivity index (χ3n) is 4.16. The molecule has 1 aliphatic rings. The molecule has 2 aromatic carbocycles. The van der Waals surface area contributed by atoms with Crippen LogP contribution in [-0.2, 0) is 0 Å². The lowest BCUT2D eigenvalue weighted by Crippen LogP contribution is -2.28. The lowest BCUT2D eigenvalue weighted by molar-refractivity contribution is 0.102. The first kappa shape index (κ1) is 15.7. The number of nitrogens with one attached hydrogen (secondary N) is 1. The molecule has 0 spiro atoms. The lowest BCUT2D eigenvalue weighted by Gasteiger charge is -2.28. The van der Waals surface area contributed by atoms with E-state index in [0.717, 1.165) is 15.7 Å². The number of carbonyl (C=O) groups excluding carboxylic acids is 1. The molecule has 0 saturated heterocycles. The second-order valence-corrected chi connectivity index (χ2v) is 6.68. The number of aromatic nitrogens is 4. The van der Waals surface area contributed by atoms with E-state index in [9.17, 15) is 4.79 Å². The van der Waals surface area contributed by atoms with Crippen LogP contribution in [0.25, 0.3) is 0 Å². The number of hydrogen-bond donors (Lipinski definition) is 1. The van der Waals surface area contributed by atoms with Gasteiger partial charge in [-0.25, -0.2) is 0 Å². The first-order chi connectivity index (χ1) is 12.1. The molecule has 25 heavy (non-hydrogen) atoms. The summed E-state index contributed by atoms with van der Waals surface area (Å²) in [5, 5.41) is 15.0.